The van der Waals surface area contributed by atoms with E-state index in [1.807, 2.05) is 33.5 Å². The summed E-state index contributed by atoms with van der Waals surface area (Å²) in [7, 11) is -1.99. The fourth-order valence-electron chi connectivity index (χ4n) is 1.35. The van der Waals surface area contributed by atoms with Gasteiger partial charge in [0.15, 0.2) is 8.32 Å². The molecule has 0 aliphatic carbocycles. The van der Waals surface area contributed by atoms with Gasteiger partial charge in [-0.3, -0.25) is 0 Å². The van der Waals surface area contributed by atoms with Crippen LogP contribution in [-0.4, -0.2) is 45.5 Å². The highest BCUT2D eigenvalue weighted by Gasteiger charge is 2.44. The molecular formula is C11H26O5Si. The van der Waals surface area contributed by atoms with Gasteiger partial charge in [0.1, 0.15) is 0 Å². The minimum atomic E-state index is -1.99. The van der Waals surface area contributed by atoms with Crippen LogP contribution in [0.2, 0.25) is 19.6 Å². The summed E-state index contributed by atoms with van der Waals surface area (Å²) in [5, 5.41) is 10.4. The average molecular weight is 266 g/mol. The van der Waals surface area contributed by atoms with E-state index in [-0.39, 0.29) is 0 Å². The van der Waals surface area contributed by atoms with Gasteiger partial charge in [0, 0.05) is 19.8 Å². The van der Waals surface area contributed by atoms with E-state index >= 15 is 0 Å². The highest BCUT2D eigenvalue weighted by molar-refractivity contribution is 6.69. The molecule has 5 nitrogen and oxygen atoms in total. The number of aliphatic hydroxyl groups is 1. The van der Waals surface area contributed by atoms with Crippen molar-refractivity contribution in [1.29, 1.82) is 0 Å². The van der Waals surface area contributed by atoms with Crippen molar-refractivity contribution in [3.8, 4) is 0 Å². The van der Waals surface area contributed by atoms with Gasteiger partial charge in [-0.25, -0.2) is 0 Å². The van der Waals surface area contributed by atoms with Crippen molar-refractivity contribution >= 4 is 8.32 Å². The first-order chi connectivity index (χ1) is 7.79. The van der Waals surface area contributed by atoms with E-state index in [1.165, 1.54) is 0 Å². The molecule has 1 N–H and O–H groups in total. The van der Waals surface area contributed by atoms with Crippen molar-refractivity contribution in [3.63, 3.8) is 0 Å². The molecule has 0 aliphatic heterocycles. The normalized spacial score (nSPS) is 16.2. The van der Waals surface area contributed by atoms with Crippen molar-refractivity contribution in [2.45, 2.75) is 52.7 Å². The van der Waals surface area contributed by atoms with Gasteiger partial charge < -0.3 is 23.7 Å². The fourth-order valence-corrected chi connectivity index (χ4v) is 2.39. The lowest BCUT2D eigenvalue weighted by Crippen LogP contribution is -2.55. The van der Waals surface area contributed by atoms with Crippen LogP contribution in [0.15, 0.2) is 0 Å². The van der Waals surface area contributed by atoms with Gasteiger partial charge in [-0.15, -0.1) is 0 Å². The molecule has 104 valence electrons. The predicted octanol–water partition coefficient (Wildman–Crippen LogP) is 1.92. The third kappa shape index (κ3) is 6.49. The Morgan fingerprint density at radius 2 is 1.47 bits per heavy atom. The van der Waals surface area contributed by atoms with Gasteiger partial charge in [-0.05, 0) is 40.4 Å². The third-order valence-corrected chi connectivity index (χ3v) is 2.64. The zero-order valence-electron chi connectivity index (χ0n) is 11.8. The standard InChI is InChI=1S/C11H26O5Si/c1-7-13-10(14-8-2)11(12,15-9-3)16-17(4,5)6/h10,12H,7-9H2,1-6H3. The van der Waals surface area contributed by atoms with E-state index in [0.717, 1.165) is 0 Å². The minimum Gasteiger partial charge on any atom is -0.366 e. The second-order valence-corrected chi connectivity index (χ2v) is 8.95. The maximum atomic E-state index is 10.4. The van der Waals surface area contributed by atoms with Gasteiger partial charge in [0.2, 0.25) is 6.29 Å². The lowest BCUT2D eigenvalue weighted by molar-refractivity contribution is -0.416. The highest BCUT2D eigenvalue weighted by atomic mass is 28.4. The van der Waals surface area contributed by atoms with Gasteiger partial charge in [-0.2, -0.15) is 0 Å². The van der Waals surface area contributed by atoms with Crippen LogP contribution in [0.1, 0.15) is 20.8 Å². The molecular weight excluding hydrogens is 240 g/mol. The molecule has 0 saturated heterocycles. The molecule has 0 spiro atoms. The maximum absolute atomic E-state index is 10.4. The molecule has 0 aliphatic rings. The SMILES string of the molecule is CCOC(OCC)C(O)(OCC)O[Si](C)(C)C. The van der Waals surface area contributed by atoms with Crippen LogP contribution in [0.4, 0.5) is 0 Å². The van der Waals surface area contributed by atoms with Crippen LogP contribution in [0.25, 0.3) is 0 Å². The van der Waals surface area contributed by atoms with Crippen molar-refractivity contribution in [3.05, 3.63) is 0 Å². The molecule has 17 heavy (non-hydrogen) atoms. The Bertz CT molecular complexity index is 201. The topological polar surface area (TPSA) is 57.2 Å². The first-order valence-electron chi connectivity index (χ1n) is 6.08. The first kappa shape index (κ1) is 17.0. The summed E-state index contributed by atoms with van der Waals surface area (Å²) >= 11 is 0. The Hall–Kier alpha value is 0.0169. The Labute approximate surface area is 105 Å². The minimum absolute atomic E-state index is 0.317. The van der Waals surface area contributed by atoms with Gasteiger partial charge in [-0.1, -0.05) is 0 Å². The number of hydrogen-bond acceptors (Lipinski definition) is 5. The molecule has 1 atom stereocenters. The van der Waals surface area contributed by atoms with Crippen LogP contribution >= 0.6 is 0 Å². The Morgan fingerprint density at radius 3 is 1.76 bits per heavy atom. The van der Waals surface area contributed by atoms with Crippen LogP contribution < -0.4 is 0 Å². The zero-order valence-corrected chi connectivity index (χ0v) is 12.8. The molecule has 0 saturated carbocycles. The lowest BCUT2D eigenvalue weighted by Gasteiger charge is -2.38. The molecule has 1 unspecified atom stereocenters. The Kier molecular flexibility index (Phi) is 7.46. The third-order valence-electron chi connectivity index (χ3n) is 1.74. The number of hydrogen-bond donors (Lipinski definition) is 1. The van der Waals surface area contributed by atoms with E-state index in [9.17, 15) is 5.11 Å². The van der Waals surface area contributed by atoms with E-state index in [1.54, 1.807) is 6.92 Å². The van der Waals surface area contributed by atoms with E-state index in [2.05, 4.69) is 0 Å². The highest BCUT2D eigenvalue weighted by Crippen LogP contribution is 2.24. The number of rotatable bonds is 9. The molecule has 0 aromatic heterocycles. The second kappa shape index (κ2) is 7.45. The molecule has 0 fully saturated rings. The number of ether oxygens (including phenoxy) is 3. The van der Waals surface area contributed by atoms with Crippen LogP contribution in [0, 0.1) is 0 Å². The second-order valence-electron chi connectivity index (χ2n) is 4.52. The summed E-state index contributed by atoms with van der Waals surface area (Å²) < 4.78 is 21.6. The molecule has 0 heterocycles. The maximum Gasteiger partial charge on any atom is 0.325 e. The summed E-state index contributed by atoms with van der Waals surface area (Å²) in [5.74, 6) is -1.83. The Balaban J connectivity index is 4.84. The van der Waals surface area contributed by atoms with E-state index < -0.39 is 20.6 Å². The average Bonchev–Trinajstić information content (AvgIpc) is 2.15. The van der Waals surface area contributed by atoms with Crippen LogP contribution in [0.3, 0.4) is 0 Å². The molecule has 0 aromatic carbocycles. The van der Waals surface area contributed by atoms with Crippen molar-refractivity contribution < 1.29 is 23.7 Å². The Morgan fingerprint density at radius 1 is 1.00 bits per heavy atom. The molecule has 0 rings (SSSR count). The van der Waals surface area contributed by atoms with Crippen molar-refractivity contribution in [2.24, 2.45) is 0 Å². The summed E-state index contributed by atoms with van der Waals surface area (Å²) in [5.41, 5.74) is 0. The quantitative estimate of drug-likeness (QED) is 0.510. The predicted molar refractivity (Wildman–Crippen MR) is 68.0 cm³/mol. The van der Waals surface area contributed by atoms with Gasteiger partial charge in [0.05, 0.1) is 0 Å². The molecule has 0 bridgehead atoms. The smallest absolute Gasteiger partial charge is 0.325 e. The lowest BCUT2D eigenvalue weighted by atomic mass is 10.5. The van der Waals surface area contributed by atoms with Crippen molar-refractivity contribution in [2.75, 3.05) is 19.8 Å². The molecule has 0 radical (unpaired) electrons. The summed E-state index contributed by atoms with van der Waals surface area (Å²) in [6.45, 7) is 12.5. The van der Waals surface area contributed by atoms with E-state index in [0.29, 0.717) is 19.8 Å². The monoisotopic (exact) mass is 266 g/mol. The molecule has 0 aromatic rings. The van der Waals surface area contributed by atoms with Crippen molar-refractivity contribution in [1.82, 2.24) is 0 Å². The fraction of sp³-hybridized carbons (Fsp3) is 1.00. The zero-order chi connectivity index (χ0) is 13.5. The molecule has 6 heteroatoms. The largest absolute Gasteiger partial charge is 0.366 e. The molecule has 0 amide bonds. The summed E-state index contributed by atoms with van der Waals surface area (Å²) in [4.78, 5) is 0. The van der Waals surface area contributed by atoms with Gasteiger partial charge >= 0.3 is 5.97 Å². The van der Waals surface area contributed by atoms with Gasteiger partial charge in [0.25, 0.3) is 0 Å². The first-order valence-corrected chi connectivity index (χ1v) is 9.49. The summed E-state index contributed by atoms with van der Waals surface area (Å²) in [6.07, 6.45) is -0.927. The summed E-state index contributed by atoms with van der Waals surface area (Å²) in [6, 6.07) is 0. The van der Waals surface area contributed by atoms with E-state index in [4.69, 9.17) is 18.6 Å². The van der Waals surface area contributed by atoms with Crippen LogP contribution in [-0.2, 0) is 18.6 Å². The van der Waals surface area contributed by atoms with Crippen LogP contribution in [0.5, 0.6) is 0 Å².